The van der Waals surface area contributed by atoms with Gasteiger partial charge in [0, 0.05) is 13.1 Å². The monoisotopic (exact) mass is 336 g/mol. The highest BCUT2D eigenvalue weighted by Crippen LogP contribution is 2.34. The maximum Gasteiger partial charge on any atom is 0.239 e. The van der Waals surface area contributed by atoms with Gasteiger partial charge < -0.3 is 10.6 Å². The summed E-state index contributed by atoms with van der Waals surface area (Å²) in [5.41, 5.74) is 8.87. The Bertz CT molecular complexity index is 686. The summed E-state index contributed by atoms with van der Waals surface area (Å²) in [5.74, 6) is 0.0901. The van der Waals surface area contributed by atoms with Gasteiger partial charge in [0.05, 0.1) is 6.04 Å². The van der Waals surface area contributed by atoms with Gasteiger partial charge in [-0.25, -0.2) is 0 Å². The third-order valence-corrected chi connectivity index (χ3v) is 5.35. The van der Waals surface area contributed by atoms with Crippen LogP contribution in [0.25, 0.3) is 0 Å². The molecule has 1 amide bonds. The zero-order valence-corrected chi connectivity index (χ0v) is 15.0. The van der Waals surface area contributed by atoms with Gasteiger partial charge in [-0.15, -0.1) is 0 Å². The SMILES string of the molecule is CC1(CCc2ccccc2)CCN(C(=O)[C@@H](N)Cc2ccccc2)C1. The second-order valence-corrected chi connectivity index (χ2v) is 7.60. The zero-order chi connectivity index (χ0) is 17.7. The summed E-state index contributed by atoms with van der Waals surface area (Å²) < 4.78 is 0. The minimum Gasteiger partial charge on any atom is -0.341 e. The lowest BCUT2D eigenvalue weighted by Gasteiger charge is -2.26. The Kier molecular flexibility index (Phi) is 5.54. The van der Waals surface area contributed by atoms with Crippen molar-refractivity contribution in [1.82, 2.24) is 4.90 Å². The van der Waals surface area contributed by atoms with Crippen LogP contribution in [0.15, 0.2) is 60.7 Å². The number of carbonyl (C=O) groups is 1. The molecule has 2 N–H and O–H groups in total. The molecule has 1 fully saturated rings. The van der Waals surface area contributed by atoms with Gasteiger partial charge in [-0.05, 0) is 42.2 Å². The van der Waals surface area contributed by atoms with Crippen LogP contribution in [0.1, 0.15) is 30.9 Å². The van der Waals surface area contributed by atoms with Crippen LogP contribution in [0.4, 0.5) is 0 Å². The Labute approximate surface area is 150 Å². The molecular weight excluding hydrogens is 308 g/mol. The Morgan fingerprint density at radius 2 is 1.68 bits per heavy atom. The minimum absolute atomic E-state index is 0.0901. The van der Waals surface area contributed by atoms with E-state index in [4.69, 9.17) is 5.73 Å². The first-order valence-electron chi connectivity index (χ1n) is 9.18. The van der Waals surface area contributed by atoms with Crippen LogP contribution in [0.3, 0.4) is 0 Å². The van der Waals surface area contributed by atoms with Crippen molar-refractivity contribution in [3.63, 3.8) is 0 Å². The van der Waals surface area contributed by atoms with E-state index >= 15 is 0 Å². The molecule has 2 atom stereocenters. The molecule has 3 nitrogen and oxygen atoms in total. The second kappa shape index (κ2) is 7.83. The predicted molar refractivity (Wildman–Crippen MR) is 102 cm³/mol. The van der Waals surface area contributed by atoms with E-state index in [1.54, 1.807) is 0 Å². The molecule has 0 aliphatic carbocycles. The number of benzene rings is 2. The summed E-state index contributed by atoms with van der Waals surface area (Å²) in [4.78, 5) is 14.7. The summed E-state index contributed by atoms with van der Waals surface area (Å²) in [5, 5.41) is 0. The molecule has 1 aliphatic rings. The van der Waals surface area contributed by atoms with Gasteiger partial charge in [0.15, 0.2) is 0 Å². The molecule has 1 unspecified atom stereocenters. The number of carbonyl (C=O) groups excluding carboxylic acids is 1. The largest absolute Gasteiger partial charge is 0.341 e. The van der Waals surface area contributed by atoms with Crippen LogP contribution < -0.4 is 5.73 Å². The average molecular weight is 336 g/mol. The van der Waals surface area contributed by atoms with Gasteiger partial charge in [0.1, 0.15) is 0 Å². The fourth-order valence-electron chi connectivity index (χ4n) is 3.70. The number of amides is 1. The highest BCUT2D eigenvalue weighted by atomic mass is 16.2. The Hall–Kier alpha value is -2.13. The molecule has 132 valence electrons. The van der Waals surface area contributed by atoms with Gasteiger partial charge in [-0.3, -0.25) is 4.79 Å². The number of nitrogens with two attached hydrogens (primary N) is 1. The van der Waals surface area contributed by atoms with E-state index in [0.29, 0.717) is 6.42 Å². The highest BCUT2D eigenvalue weighted by molar-refractivity contribution is 5.82. The normalized spacial score (nSPS) is 21.3. The van der Waals surface area contributed by atoms with Gasteiger partial charge in [0.25, 0.3) is 0 Å². The first kappa shape index (κ1) is 17.7. The van der Waals surface area contributed by atoms with Crippen molar-refractivity contribution in [3.05, 3.63) is 71.8 Å². The van der Waals surface area contributed by atoms with Crippen molar-refractivity contribution in [1.29, 1.82) is 0 Å². The van der Waals surface area contributed by atoms with Crippen molar-refractivity contribution in [2.45, 2.75) is 38.6 Å². The molecule has 3 heteroatoms. The summed E-state index contributed by atoms with van der Waals surface area (Å²) in [7, 11) is 0. The molecule has 1 saturated heterocycles. The van der Waals surface area contributed by atoms with Crippen molar-refractivity contribution in [3.8, 4) is 0 Å². The quantitative estimate of drug-likeness (QED) is 0.878. The average Bonchev–Trinajstić information content (AvgIpc) is 3.04. The molecule has 0 spiro atoms. The number of likely N-dealkylation sites (tertiary alicyclic amines) is 1. The van der Waals surface area contributed by atoms with E-state index in [-0.39, 0.29) is 11.3 Å². The first-order chi connectivity index (χ1) is 12.1. The molecule has 2 aromatic carbocycles. The van der Waals surface area contributed by atoms with Crippen molar-refractivity contribution >= 4 is 5.91 Å². The zero-order valence-electron chi connectivity index (χ0n) is 15.0. The van der Waals surface area contributed by atoms with Crippen LogP contribution in [-0.4, -0.2) is 29.9 Å². The van der Waals surface area contributed by atoms with Crippen LogP contribution in [0.2, 0.25) is 0 Å². The lowest BCUT2D eigenvalue weighted by atomic mass is 9.83. The molecule has 25 heavy (non-hydrogen) atoms. The van der Waals surface area contributed by atoms with E-state index in [1.165, 1.54) is 5.56 Å². The first-order valence-corrected chi connectivity index (χ1v) is 9.18. The Morgan fingerprint density at radius 1 is 1.08 bits per heavy atom. The van der Waals surface area contributed by atoms with Gasteiger partial charge in [-0.2, -0.15) is 0 Å². The van der Waals surface area contributed by atoms with Crippen LogP contribution in [0.5, 0.6) is 0 Å². The van der Waals surface area contributed by atoms with E-state index < -0.39 is 6.04 Å². The fraction of sp³-hybridized carbons (Fsp3) is 0.409. The molecule has 0 aromatic heterocycles. The third kappa shape index (κ3) is 4.70. The van der Waals surface area contributed by atoms with Crippen LogP contribution in [0, 0.1) is 5.41 Å². The molecule has 1 heterocycles. The van der Waals surface area contributed by atoms with E-state index in [2.05, 4.69) is 37.3 Å². The van der Waals surface area contributed by atoms with Crippen LogP contribution >= 0.6 is 0 Å². The summed E-state index contributed by atoms with van der Waals surface area (Å²) in [6, 6.07) is 20.2. The maximum atomic E-state index is 12.7. The molecule has 2 aromatic rings. The lowest BCUT2D eigenvalue weighted by molar-refractivity contribution is -0.131. The van der Waals surface area contributed by atoms with Crippen molar-refractivity contribution in [2.24, 2.45) is 11.1 Å². The Morgan fingerprint density at radius 3 is 2.32 bits per heavy atom. The number of aryl methyl sites for hydroxylation is 1. The molecule has 0 bridgehead atoms. The van der Waals surface area contributed by atoms with Crippen molar-refractivity contribution in [2.75, 3.05) is 13.1 Å². The molecule has 1 aliphatic heterocycles. The summed E-state index contributed by atoms with van der Waals surface area (Å²) in [6.07, 6.45) is 3.84. The standard InChI is InChI=1S/C22H28N2O/c1-22(13-12-18-8-4-2-5-9-18)14-15-24(17-22)21(25)20(23)16-19-10-6-3-7-11-19/h2-11,20H,12-17,23H2,1H3/t20-,22?/m0/s1. The maximum absolute atomic E-state index is 12.7. The smallest absolute Gasteiger partial charge is 0.239 e. The van der Waals surface area contributed by atoms with Gasteiger partial charge in [0.2, 0.25) is 5.91 Å². The van der Waals surface area contributed by atoms with E-state index in [9.17, 15) is 4.79 Å². The summed E-state index contributed by atoms with van der Waals surface area (Å²) in [6.45, 7) is 3.94. The molecule has 0 radical (unpaired) electrons. The topological polar surface area (TPSA) is 46.3 Å². The third-order valence-electron chi connectivity index (χ3n) is 5.35. The molecule has 0 saturated carbocycles. The molecular formula is C22H28N2O. The van der Waals surface area contributed by atoms with E-state index in [0.717, 1.165) is 37.9 Å². The van der Waals surface area contributed by atoms with Crippen molar-refractivity contribution < 1.29 is 4.79 Å². The second-order valence-electron chi connectivity index (χ2n) is 7.60. The molecule has 3 rings (SSSR count). The number of hydrogen-bond acceptors (Lipinski definition) is 2. The van der Waals surface area contributed by atoms with Gasteiger partial charge in [-0.1, -0.05) is 67.6 Å². The number of nitrogens with zero attached hydrogens (tertiary/aromatic N) is 1. The number of hydrogen-bond donors (Lipinski definition) is 1. The van der Waals surface area contributed by atoms with Gasteiger partial charge >= 0.3 is 0 Å². The van der Waals surface area contributed by atoms with Crippen LogP contribution in [-0.2, 0) is 17.6 Å². The fourth-order valence-corrected chi connectivity index (χ4v) is 3.70. The predicted octanol–water partition coefficient (Wildman–Crippen LogP) is 3.43. The Balaban J connectivity index is 1.53. The highest BCUT2D eigenvalue weighted by Gasteiger charge is 2.36. The lowest BCUT2D eigenvalue weighted by Crippen LogP contribution is -2.44. The minimum atomic E-state index is -0.445. The summed E-state index contributed by atoms with van der Waals surface area (Å²) >= 11 is 0. The van der Waals surface area contributed by atoms with E-state index in [1.807, 2.05) is 35.2 Å². The number of rotatable bonds is 6.